The largest absolute Gasteiger partial charge is 0.497 e. The number of rotatable bonds is 5. The van der Waals surface area contributed by atoms with Gasteiger partial charge in [0.15, 0.2) is 0 Å². The molecule has 2 heterocycles. The predicted octanol–water partition coefficient (Wildman–Crippen LogP) is 4.19. The quantitative estimate of drug-likeness (QED) is 0.851. The number of carbonyl (C=O) groups is 1. The molecule has 1 fully saturated rings. The summed E-state index contributed by atoms with van der Waals surface area (Å²) in [5, 5.41) is 5.71. The Kier molecular flexibility index (Phi) is 6.64. The molecular formula is C19H24N2O2S2. The Morgan fingerprint density at radius 2 is 2.12 bits per heavy atom. The topological polar surface area (TPSA) is 41.6 Å². The van der Waals surface area contributed by atoms with E-state index in [1.807, 2.05) is 52.3 Å². The van der Waals surface area contributed by atoms with Crippen molar-refractivity contribution in [2.75, 3.05) is 32.5 Å². The molecule has 1 saturated heterocycles. The Hall–Kier alpha value is -1.66. The van der Waals surface area contributed by atoms with Crippen LogP contribution < -0.4 is 10.1 Å². The summed E-state index contributed by atoms with van der Waals surface area (Å²) in [4.78, 5) is 15.8. The number of methoxy groups -OCH3 is 1. The standard InChI is InChI=1S/C19H24N2O2S2/c1-23-16-6-4-15(5-7-16)8-10-20-19(22)21-11-9-18(25-14-12-21)17-3-2-13-24-17/h2-7,13,18H,8-12,14H2,1H3,(H,20,22). The molecule has 134 valence electrons. The van der Waals surface area contributed by atoms with Gasteiger partial charge in [-0.1, -0.05) is 18.2 Å². The number of nitrogens with zero attached hydrogens (tertiary/aromatic N) is 1. The van der Waals surface area contributed by atoms with Gasteiger partial charge in [-0.3, -0.25) is 0 Å². The number of hydrogen-bond acceptors (Lipinski definition) is 4. The van der Waals surface area contributed by atoms with Crippen LogP contribution in [0.4, 0.5) is 4.79 Å². The van der Waals surface area contributed by atoms with Crippen LogP contribution in [0.25, 0.3) is 0 Å². The van der Waals surface area contributed by atoms with Gasteiger partial charge in [0, 0.05) is 35.5 Å². The lowest BCUT2D eigenvalue weighted by Gasteiger charge is -2.20. The van der Waals surface area contributed by atoms with Crippen LogP contribution in [-0.2, 0) is 6.42 Å². The first-order valence-electron chi connectivity index (χ1n) is 8.57. The monoisotopic (exact) mass is 376 g/mol. The van der Waals surface area contributed by atoms with Gasteiger partial charge < -0.3 is 15.0 Å². The number of urea groups is 1. The molecule has 1 N–H and O–H groups in total. The summed E-state index contributed by atoms with van der Waals surface area (Å²) in [6, 6.07) is 12.4. The highest BCUT2D eigenvalue weighted by molar-refractivity contribution is 7.99. The maximum atomic E-state index is 12.4. The SMILES string of the molecule is COc1ccc(CCNC(=O)N2CCSC(c3cccs3)CC2)cc1. The molecule has 2 amide bonds. The van der Waals surface area contributed by atoms with E-state index < -0.39 is 0 Å². The van der Waals surface area contributed by atoms with Gasteiger partial charge in [-0.05, 0) is 42.0 Å². The molecule has 0 aliphatic carbocycles. The Morgan fingerprint density at radius 3 is 2.84 bits per heavy atom. The van der Waals surface area contributed by atoms with E-state index in [4.69, 9.17) is 4.74 Å². The first-order chi connectivity index (χ1) is 12.3. The third-order valence-electron chi connectivity index (χ3n) is 4.34. The van der Waals surface area contributed by atoms with Crippen molar-refractivity contribution < 1.29 is 9.53 Å². The fourth-order valence-corrected chi connectivity index (χ4v) is 5.13. The zero-order valence-electron chi connectivity index (χ0n) is 14.4. The molecule has 1 aromatic heterocycles. The molecule has 4 nitrogen and oxygen atoms in total. The zero-order chi connectivity index (χ0) is 17.5. The summed E-state index contributed by atoms with van der Waals surface area (Å²) in [5.74, 6) is 1.85. The van der Waals surface area contributed by atoms with Gasteiger partial charge in [0.2, 0.25) is 0 Å². The normalized spacial score (nSPS) is 17.8. The highest BCUT2D eigenvalue weighted by Crippen LogP contribution is 2.36. The second-order valence-electron chi connectivity index (χ2n) is 5.98. The molecule has 0 radical (unpaired) electrons. The van der Waals surface area contributed by atoms with Crippen molar-refractivity contribution >= 4 is 29.1 Å². The van der Waals surface area contributed by atoms with Crippen molar-refractivity contribution in [3.63, 3.8) is 0 Å². The molecule has 2 aromatic rings. The van der Waals surface area contributed by atoms with E-state index in [0.29, 0.717) is 11.8 Å². The summed E-state index contributed by atoms with van der Waals surface area (Å²) in [5.41, 5.74) is 1.20. The summed E-state index contributed by atoms with van der Waals surface area (Å²) < 4.78 is 5.16. The molecule has 0 bridgehead atoms. The van der Waals surface area contributed by atoms with Crippen molar-refractivity contribution in [3.05, 3.63) is 52.2 Å². The number of ether oxygens (including phenoxy) is 1. The van der Waals surface area contributed by atoms with Crippen molar-refractivity contribution in [1.82, 2.24) is 10.2 Å². The lowest BCUT2D eigenvalue weighted by atomic mass is 10.1. The average molecular weight is 377 g/mol. The van der Waals surface area contributed by atoms with Gasteiger partial charge in [-0.15, -0.1) is 11.3 Å². The van der Waals surface area contributed by atoms with Crippen molar-refractivity contribution in [2.24, 2.45) is 0 Å². The molecule has 25 heavy (non-hydrogen) atoms. The van der Waals surface area contributed by atoms with Crippen LogP contribution in [-0.4, -0.2) is 43.4 Å². The minimum Gasteiger partial charge on any atom is -0.497 e. The minimum absolute atomic E-state index is 0.0564. The number of carbonyl (C=O) groups excluding carboxylic acids is 1. The number of amides is 2. The van der Waals surface area contributed by atoms with Crippen LogP contribution in [0, 0.1) is 0 Å². The number of thiophene rings is 1. The Balaban J connectivity index is 1.43. The van der Waals surface area contributed by atoms with Crippen LogP contribution in [0.3, 0.4) is 0 Å². The highest BCUT2D eigenvalue weighted by atomic mass is 32.2. The number of thioether (sulfide) groups is 1. The molecule has 1 aliphatic rings. The van der Waals surface area contributed by atoms with Crippen LogP contribution in [0.5, 0.6) is 5.75 Å². The lowest BCUT2D eigenvalue weighted by Crippen LogP contribution is -2.41. The molecule has 3 rings (SSSR count). The van der Waals surface area contributed by atoms with E-state index in [9.17, 15) is 4.79 Å². The number of nitrogens with one attached hydrogen (secondary N) is 1. The first kappa shape index (κ1) is 18.1. The summed E-state index contributed by atoms with van der Waals surface area (Å²) in [6.45, 7) is 2.30. The van der Waals surface area contributed by atoms with Crippen LogP contribution in [0.15, 0.2) is 41.8 Å². The second-order valence-corrected chi connectivity index (χ2v) is 8.27. The van der Waals surface area contributed by atoms with Gasteiger partial charge in [0.05, 0.1) is 7.11 Å². The molecule has 1 unspecified atom stereocenters. The molecule has 0 saturated carbocycles. The maximum Gasteiger partial charge on any atom is 0.317 e. The van der Waals surface area contributed by atoms with Gasteiger partial charge in [0.1, 0.15) is 5.75 Å². The van der Waals surface area contributed by atoms with Gasteiger partial charge in [-0.2, -0.15) is 11.8 Å². The zero-order valence-corrected chi connectivity index (χ0v) is 16.1. The van der Waals surface area contributed by atoms with E-state index in [-0.39, 0.29) is 6.03 Å². The minimum atomic E-state index is 0.0564. The fourth-order valence-electron chi connectivity index (χ4n) is 2.89. The second kappa shape index (κ2) is 9.15. The van der Waals surface area contributed by atoms with E-state index in [1.54, 1.807) is 7.11 Å². The average Bonchev–Trinajstić information content (AvgIpc) is 3.06. The Morgan fingerprint density at radius 1 is 1.28 bits per heavy atom. The van der Waals surface area contributed by atoms with E-state index in [0.717, 1.165) is 37.4 Å². The summed E-state index contributed by atoms with van der Waals surface area (Å²) in [7, 11) is 1.66. The first-order valence-corrected chi connectivity index (χ1v) is 10.5. The molecule has 0 spiro atoms. The molecule has 1 aliphatic heterocycles. The Labute approximate surface area is 157 Å². The molecule has 6 heteroatoms. The highest BCUT2D eigenvalue weighted by Gasteiger charge is 2.22. The number of benzene rings is 1. The predicted molar refractivity (Wildman–Crippen MR) is 106 cm³/mol. The van der Waals surface area contributed by atoms with Crippen LogP contribution >= 0.6 is 23.1 Å². The fraction of sp³-hybridized carbons (Fsp3) is 0.421. The van der Waals surface area contributed by atoms with Crippen LogP contribution in [0.1, 0.15) is 22.1 Å². The van der Waals surface area contributed by atoms with E-state index >= 15 is 0 Å². The lowest BCUT2D eigenvalue weighted by molar-refractivity contribution is 0.201. The van der Waals surface area contributed by atoms with Gasteiger partial charge in [0.25, 0.3) is 0 Å². The number of hydrogen-bond donors (Lipinski definition) is 1. The van der Waals surface area contributed by atoms with Crippen LogP contribution in [0.2, 0.25) is 0 Å². The molecule has 1 aromatic carbocycles. The third-order valence-corrected chi connectivity index (χ3v) is 6.78. The van der Waals surface area contributed by atoms with Gasteiger partial charge >= 0.3 is 6.03 Å². The van der Waals surface area contributed by atoms with Crippen molar-refractivity contribution in [1.29, 1.82) is 0 Å². The van der Waals surface area contributed by atoms with Gasteiger partial charge in [-0.25, -0.2) is 4.79 Å². The van der Waals surface area contributed by atoms with Crippen molar-refractivity contribution in [3.8, 4) is 5.75 Å². The van der Waals surface area contributed by atoms with E-state index in [2.05, 4.69) is 22.8 Å². The van der Waals surface area contributed by atoms with E-state index in [1.165, 1.54) is 10.4 Å². The summed E-state index contributed by atoms with van der Waals surface area (Å²) >= 11 is 3.78. The van der Waals surface area contributed by atoms with Crippen molar-refractivity contribution in [2.45, 2.75) is 18.1 Å². The third kappa shape index (κ3) is 5.16. The molecule has 1 atom stereocenters. The smallest absolute Gasteiger partial charge is 0.317 e. The maximum absolute atomic E-state index is 12.4. The molecular weight excluding hydrogens is 352 g/mol. The Bertz CT molecular complexity index is 659. The summed E-state index contributed by atoms with van der Waals surface area (Å²) in [6.07, 6.45) is 1.85.